The lowest BCUT2D eigenvalue weighted by Crippen LogP contribution is -2.57. The number of carbonyl (C=O) groups excluding carboxylic acids is 5. The largest absolute Gasteiger partial charge is 0.354 e. The highest BCUT2D eigenvalue weighted by Gasteiger charge is 2.29. The number of carbonyl (C=O) groups is 5. The molecule has 0 unspecified atom stereocenters. The summed E-state index contributed by atoms with van der Waals surface area (Å²) in [6, 6.07) is 18.9. The van der Waals surface area contributed by atoms with Crippen LogP contribution in [0, 0.1) is 12.8 Å². The van der Waals surface area contributed by atoms with Gasteiger partial charge in [0.05, 0.1) is 11.0 Å². The minimum atomic E-state index is -0.985. The molecule has 3 heterocycles. The van der Waals surface area contributed by atoms with Gasteiger partial charge in [-0.1, -0.05) is 56.3 Å². The van der Waals surface area contributed by atoms with Gasteiger partial charge in [0.2, 0.25) is 17.7 Å². The number of amides is 5. The molecule has 51 heavy (non-hydrogen) atoms. The van der Waals surface area contributed by atoms with E-state index in [2.05, 4.69) is 31.2 Å². The summed E-state index contributed by atoms with van der Waals surface area (Å²) in [7, 11) is 0. The molecule has 1 aromatic heterocycles. The van der Waals surface area contributed by atoms with Crippen molar-refractivity contribution in [2.75, 3.05) is 13.1 Å². The predicted molar refractivity (Wildman–Crippen MR) is 195 cm³/mol. The van der Waals surface area contributed by atoms with Gasteiger partial charge < -0.3 is 31.2 Å². The van der Waals surface area contributed by atoms with E-state index in [-0.39, 0.29) is 24.2 Å². The number of hydrogen-bond acceptors (Lipinski definition) is 6. The van der Waals surface area contributed by atoms with E-state index < -0.39 is 35.8 Å². The van der Waals surface area contributed by atoms with Gasteiger partial charge in [-0.3, -0.25) is 24.0 Å². The van der Waals surface area contributed by atoms with Gasteiger partial charge in [0.1, 0.15) is 23.9 Å². The average Bonchev–Trinajstić information content (AvgIpc) is 3.49. The van der Waals surface area contributed by atoms with Crippen LogP contribution >= 0.6 is 0 Å². The lowest BCUT2D eigenvalue weighted by atomic mass is 10.0. The number of aryl methyl sites for hydroxylation is 1. The number of imidazole rings is 1. The molecule has 5 N–H and O–H groups in total. The quantitative estimate of drug-likeness (QED) is 0.200. The molecule has 6 rings (SSSR count). The van der Waals surface area contributed by atoms with Crippen LogP contribution in [-0.2, 0) is 27.3 Å². The van der Waals surface area contributed by atoms with Crippen molar-refractivity contribution in [3.8, 4) is 0 Å². The molecule has 12 heteroatoms. The van der Waals surface area contributed by atoms with Gasteiger partial charge in [-0.05, 0) is 80.5 Å². The van der Waals surface area contributed by atoms with Crippen LogP contribution in [-0.4, -0.2) is 75.6 Å². The van der Waals surface area contributed by atoms with E-state index in [4.69, 9.17) is 0 Å². The Balaban J connectivity index is 1.42. The van der Waals surface area contributed by atoms with Gasteiger partial charge in [0, 0.05) is 37.2 Å². The van der Waals surface area contributed by atoms with Crippen molar-refractivity contribution < 1.29 is 24.0 Å². The van der Waals surface area contributed by atoms with Crippen LogP contribution in [0.4, 0.5) is 0 Å². The highest BCUT2D eigenvalue weighted by molar-refractivity contribution is 5.99. The Morgan fingerprint density at radius 1 is 0.863 bits per heavy atom. The smallest absolute Gasteiger partial charge is 0.254 e. The fourth-order valence-corrected chi connectivity index (χ4v) is 6.13. The van der Waals surface area contributed by atoms with Crippen molar-refractivity contribution in [1.82, 2.24) is 36.1 Å². The molecule has 0 spiro atoms. The molecule has 2 aliphatic heterocycles. The molecule has 3 atom stereocenters. The summed E-state index contributed by atoms with van der Waals surface area (Å²) in [5, 5.41) is 11.3. The number of aromatic amines is 1. The van der Waals surface area contributed by atoms with E-state index in [1.165, 1.54) is 0 Å². The van der Waals surface area contributed by atoms with Gasteiger partial charge in [0.25, 0.3) is 11.8 Å². The summed E-state index contributed by atoms with van der Waals surface area (Å²) in [6.45, 7) is 8.42. The molecule has 2 bridgehead atoms. The first-order valence-corrected chi connectivity index (χ1v) is 17.5. The maximum Gasteiger partial charge on any atom is 0.254 e. The highest BCUT2D eigenvalue weighted by atomic mass is 16.2. The Labute approximate surface area is 298 Å². The summed E-state index contributed by atoms with van der Waals surface area (Å²) in [5.74, 6) is -1.13. The SMILES string of the molecule is Cc1nc2ccc(C(=O)N3CCCCNC(=O)[C@@H](C)NC(=O)[C@H](CC(C)C)NC(=O)[C@@H](Cc4ccccc4)NC(=O)c4ccc(cc4)C3)cc2[nH]1. The molecule has 12 nitrogen and oxygen atoms in total. The monoisotopic (exact) mass is 693 g/mol. The minimum Gasteiger partial charge on any atom is -0.354 e. The number of hydrogen-bond donors (Lipinski definition) is 5. The van der Waals surface area contributed by atoms with Crippen LogP contribution in [0.2, 0.25) is 0 Å². The standard InChI is InChI=1S/C39H47N7O5/c1-24(2)20-33-37(49)41-25(3)35(47)40-18-8-9-19-46(39(51)30-16-17-31-32(22-30)43-26(4)42-31)23-28-12-14-29(15-13-28)36(48)44-34(38(50)45-33)21-27-10-6-5-7-11-27/h5-7,10-17,22,24-25,33-34H,8-9,18-21,23H2,1-4H3,(H,40,47)(H,41,49)(H,42,43)(H,44,48)(H,45,50)/t25-,33+,34-/m1/s1. The van der Waals surface area contributed by atoms with Crippen molar-refractivity contribution in [1.29, 1.82) is 0 Å². The second-order valence-corrected chi connectivity index (χ2v) is 13.6. The van der Waals surface area contributed by atoms with Crippen molar-refractivity contribution in [3.05, 3.63) is 101 Å². The Morgan fingerprint density at radius 3 is 2.31 bits per heavy atom. The number of rotatable bonds is 5. The molecule has 0 fully saturated rings. The number of benzene rings is 3. The first-order valence-electron chi connectivity index (χ1n) is 17.5. The van der Waals surface area contributed by atoms with Crippen LogP contribution in [0.1, 0.15) is 77.7 Å². The summed E-state index contributed by atoms with van der Waals surface area (Å²) in [5.41, 5.74) is 4.08. The fourth-order valence-electron chi connectivity index (χ4n) is 6.13. The van der Waals surface area contributed by atoms with Gasteiger partial charge in [0.15, 0.2) is 0 Å². The van der Waals surface area contributed by atoms with Gasteiger partial charge >= 0.3 is 0 Å². The minimum absolute atomic E-state index is 0.0596. The Bertz CT molecular complexity index is 1850. The summed E-state index contributed by atoms with van der Waals surface area (Å²) >= 11 is 0. The molecule has 0 aliphatic carbocycles. The lowest BCUT2D eigenvalue weighted by Gasteiger charge is -2.25. The predicted octanol–water partition coefficient (Wildman–Crippen LogP) is 3.80. The Kier molecular flexibility index (Phi) is 12.2. The average molecular weight is 694 g/mol. The maximum absolute atomic E-state index is 13.9. The second-order valence-electron chi connectivity index (χ2n) is 13.6. The number of nitrogens with zero attached hydrogens (tertiary/aromatic N) is 2. The normalized spacial score (nSPS) is 19.9. The molecule has 5 amide bonds. The molecule has 2 aliphatic rings. The third-order valence-electron chi connectivity index (χ3n) is 8.87. The summed E-state index contributed by atoms with van der Waals surface area (Å²) in [4.78, 5) is 77.0. The summed E-state index contributed by atoms with van der Waals surface area (Å²) < 4.78 is 0. The molecule has 268 valence electrons. The zero-order valence-electron chi connectivity index (χ0n) is 29.6. The Hall–Kier alpha value is -5.52. The first kappa shape index (κ1) is 36.8. The maximum atomic E-state index is 13.9. The van der Waals surface area contributed by atoms with Crippen LogP contribution in [0.5, 0.6) is 0 Å². The van der Waals surface area contributed by atoms with Crippen LogP contribution < -0.4 is 21.3 Å². The van der Waals surface area contributed by atoms with Crippen LogP contribution in [0.25, 0.3) is 11.0 Å². The number of aromatic nitrogens is 2. The lowest BCUT2D eigenvalue weighted by molar-refractivity contribution is -0.132. The number of fused-ring (bicyclic) bond motifs is 19. The van der Waals surface area contributed by atoms with Crippen LogP contribution in [0.15, 0.2) is 72.8 Å². The molecule has 0 saturated carbocycles. The van der Waals surface area contributed by atoms with E-state index in [1.54, 1.807) is 48.2 Å². The van der Waals surface area contributed by atoms with E-state index in [1.807, 2.05) is 57.2 Å². The van der Waals surface area contributed by atoms with Crippen molar-refractivity contribution in [3.63, 3.8) is 0 Å². The van der Waals surface area contributed by atoms with Crippen LogP contribution in [0.3, 0.4) is 0 Å². The van der Waals surface area contributed by atoms with Gasteiger partial charge in [-0.15, -0.1) is 0 Å². The zero-order chi connectivity index (χ0) is 36.5. The summed E-state index contributed by atoms with van der Waals surface area (Å²) in [6.07, 6.45) is 1.75. The molecule has 4 aromatic rings. The van der Waals surface area contributed by atoms with Gasteiger partial charge in [-0.25, -0.2) is 4.98 Å². The molecule has 0 radical (unpaired) electrons. The van der Waals surface area contributed by atoms with Crippen molar-refractivity contribution in [2.24, 2.45) is 5.92 Å². The molecule has 3 aromatic carbocycles. The second kappa shape index (κ2) is 16.9. The van der Waals surface area contributed by atoms with Crippen molar-refractivity contribution in [2.45, 2.75) is 78.0 Å². The number of nitrogens with one attached hydrogen (secondary N) is 5. The molecule has 0 saturated heterocycles. The highest BCUT2D eigenvalue weighted by Crippen LogP contribution is 2.18. The van der Waals surface area contributed by atoms with E-state index in [0.29, 0.717) is 50.0 Å². The fraction of sp³-hybridized carbons (Fsp3) is 0.385. The zero-order valence-corrected chi connectivity index (χ0v) is 29.6. The molecular weight excluding hydrogens is 646 g/mol. The molecular formula is C39H47N7O5. The van der Waals surface area contributed by atoms with E-state index in [9.17, 15) is 24.0 Å². The van der Waals surface area contributed by atoms with E-state index >= 15 is 0 Å². The third-order valence-corrected chi connectivity index (χ3v) is 8.87. The first-order chi connectivity index (χ1) is 24.5. The van der Waals surface area contributed by atoms with Crippen molar-refractivity contribution >= 4 is 40.6 Å². The third kappa shape index (κ3) is 10.0. The number of H-pyrrole nitrogens is 1. The topological polar surface area (TPSA) is 165 Å². The van der Waals surface area contributed by atoms with Gasteiger partial charge in [-0.2, -0.15) is 0 Å². The van der Waals surface area contributed by atoms with E-state index in [0.717, 1.165) is 28.0 Å². The Morgan fingerprint density at radius 2 is 1.59 bits per heavy atom.